The number of amides is 1. The fraction of sp³-hybridized carbons (Fsp3) is 0.188. The van der Waals surface area contributed by atoms with Crippen molar-refractivity contribution in [3.05, 3.63) is 65.2 Å². The van der Waals surface area contributed by atoms with Gasteiger partial charge in [0, 0.05) is 10.7 Å². The zero-order valence-electron chi connectivity index (χ0n) is 10.8. The first-order valence-electron chi connectivity index (χ1n) is 6.32. The van der Waals surface area contributed by atoms with Gasteiger partial charge in [-0.25, -0.2) is 0 Å². The molecule has 2 nitrogen and oxygen atoms in total. The first-order chi connectivity index (χ1) is 9.20. The Bertz CT molecular complexity index is 536. The molecule has 3 heteroatoms. The summed E-state index contributed by atoms with van der Waals surface area (Å²) in [5, 5.41) is 3.58. The summed E-state index contributed by atoms with van der Waals surface area (Å²) in [6, 6.07) is 17.0. The van der Waals surface area contributed by atoms with E-state index in [1.807, 2.05) is 37.3 Å². The lowest BCUT2D eigenvalue weighted by molar-refractivity contribution is -0.117. The lowest BCUT2D eigenvalue weighted by atomic mass is 9.95. The summed E-state index contributed by atoms with van der Waals surface area (Å²) in [5.74, 6) is -0.118. The van der Waals surface area contributed by atoms with Gasteiger partial charge in [-0.2, -0.15) is 0 Å². The van der Waals surface area contributed by atoms with Crippen molar-refractivity contribution in [3.63, 3.8) is 0 Å². The molecule has 1 N–H and O–H groups in total. The molecule has 2 aromatic carbocycles. The molecule has 1 atom stereocenters. The van der Waals surface area contributed by atoms with Crippen molar-refractivity contribution in [2.75, 3.05) is 5.32 Å². The summed E-state index contributed by atoms with van der Waals surface area (Å²) in [6.45, 7) is 2.01. The van der Waals surface area contributed by atoms with Crippen LogP contribution in [0.4, 0.5) is 5.69 Å². The van der Waals surface area contributed by atoms with Crippen molar-refractivity contribution in [1.29, 1.82) is 0 Å². The highest BCUT2D eigenvalue weighted by molar-refractivity contribution is 6.30. The SMILES string of the molecule is CC[C@H](C(=O)Nc1ccc(Cl)cc1)c1ccccc1. The van der Waals surface area contributed by atoms with Gasteiger partial charge in [0.15, 0.2) is 0 Å². The van der Waals surface area contributed by atoms with Gasteiger partial charge in [0.25, 0.3) is 0 Å². The molecule has 0 bridgehead atoms. The van der Waals surface area contributed by atoms with E-state index in [1.165, 1.54) is 0 Å². The first kappa shape index (κ1) is 13.6. The number of hydrogen-bond acceptors (Lipinski definition) is 1. The number of nitrogens with one attached hydrogen (secondary N) is 1. The maximum Gasteiger partial charge on any atom is 0.231 e. The van der Waals surface area contributed by atoms with Crippen LogP contribution in [0, 0.1) is 0 Å². The second kappa shape index (κ2) is 6.39. The average molecular weight is 274 g/mol. The Kier molecular flexibility index (Phi) is 4.58. The molecule has 0 saturated carbocycles. The molecule has 0 aromatic heterocycles. The topological polar surface area (TPSA) is 29.1 Å². The maximum atomic E-state index is 12.3. The highest BCUT2D eigenvalue weighted by Gasteiger charge is 2.18. The smallest absolute Gasteiger partial charge is 0.231 e. The minimum absolute atomic E-state index is 0.0102. The molecule has 0 unspecified atom stereocenters. The molecule has 0 radical (unpaired) electrons. The van der Waals surface area contributed by atoms with Gasteiger partial charge in [-0.05, 0) is 36.2 Å². The van der Waals surface area contributed by atoms with Crippen LogP contribution in [0.2, 0.25) is 5.02 Å². The Morgan fingerprint density at radius 1 is 1.11 bits per heavy atom. The van der Waals surface area contributed by atoms with Crippen LogP contribution in [0.5, 0.6) is 0 Å². The molecule has 98 valence electrons. The molecule has 0 aliphatic rings. The molecule has 0 aliphatic heterocycles. The zero-order chi connectivity index (χ0) is 13.7. The average Bonchev–Trinajstić information content (AvgIpc) is 2.43. The lowest BCUT2D eigenvalue weighted by Crippen LogP contribution is -2.20. The first-order valence-corrected chi connectivity index (χ1v) is 6.70. The molecule has 2 aromatic rings. The summed E-state index contributed by atoms with van der Waals surface area (Å²) in [6.07, 6.45) is 0.767. The van der Waals surface area contributed by atoms with Gasteiger partial charge < -0.3 is 5.32 Å². The number of anilines is 1. The fourth-order valence-electron chi connectivity index (χ4n) is 2.02. The normalized spacial score (nSPS) is 11.9. The molecular weight excluding hydrogens is 258 g/mol. The van der Waals surface area contributed by atoms with E-state index in [9.17, 15) is 4.79 Å². The molecule has 0 spiro atoms. The van der Waals surface area contributed by atoms with Gasteiger partial charge in [0.2, 0.25) is 5.91 Å². The minimum Gasteiger partial charge on any atom is -0.326 e. The number of carbonyl (C=O) groups excluding carboxylic acids is 1. The van der Waals surface area contributed by atoms with E-state index in [1.54, 1.807) is 24.3 Å². The van der Waals surface area contributed by atoms with Gasteiger partial charge in [-0.15, -0.1) is 0 Å². The van der Waals surface area contributed by atoms with Gasteiger partial charge in [-0.1, -0.05) is 48.9 Å². The van der Waals surface area contributed by atoms with E-state index in [4.69, 9.17) is 11.6 Å². The quantitative estimate of drug-likeness (QED) is 0.875. The number of hydrogen-bond donors (Lipinski definition) is 1. The summed E-state index contributed by atoms with van der Waals surface area (Å²) < 4.78 is 0. The van der Waals surface area contributed by atoms with Crippen molar-refractivity contribution in [2.45, 2.75) is 19.3 Å². The van der Waals surface area contributed by atoms with E-state index in [0.717, 1.165) is 17.7 Å². The molecule has 0 saturated heterocycles. The van der Waals surface area contributed by atoms with Crippen LogP contribution < -0.4 is 5.32 Å². The summed E-state index contributed by atoms with van der Waals surface area (Å²) in [7, 11) is 0. The van der Waals surface area contributed by atoms with Crippen LogP contribution in [0.1, 0.15) is 24.8 Å². The van der Waals surface area contributed by atoms with Crippen LogP contribution in [0.15, 0.2) is 54.6 Å². The molecule has 19 heavy (non-hydrogen) atoms. The third-order valence-corrected chi connectivity index (χ3v) is 3.29. The number of carbonyl (C=O) groups is 1. The molecular formula is C16H16ClNO. The van der Waals surface area contributed by atoms with E-state index in [2.05, 4.69) is 5.32 Å². The zero-order valence-corrected chi connectivity index (χ0v) is 11.5. The van der Waals surface area contributed by atoms with E-state index < -0.39 is 0 Å². The highest BCUT2D eigenvalue weighted by Crippen LogP contribution is 2.22. The Morgan fingerprint density at radius 3 is 2.32 bits per heavy atom. The van der Waals surface area contributed by atoms with E-state index >= 15 is 0 Å². The Labute approximate surface area is 118 Å². The number of rotatable bonds is 4. The van der Waals surface area contributed by atoms with Crippen molar-refractivity contribution in [2.24, 2.45) is 0 Å². The predicted octanol–water partition coefficient (Wildman–Crippen LogP) is 4.47. The Balaban J connectivity index is 2.11. The van der Waals surface area contributed by atoms with Crippen LogP contribution in [0.3, 0.4) is 0 Å². The second-order valence-corrected chi connectivity index (χ2v) is 4.80. The van der Waals surface area contributed by atoms with Gasteiger partial charge >= 0.3 is 0 Å². The summed E-state index contributed by atoms with van der Waals surface area (Å²) in [4.78, 5) is 12.3. The van der Waals surface area contributed by atoms with Crippen LogP contribution in [0.25, 0.3) is 0 Å². The molecule has 1 amide bonds. The second-order valence-electron chi connectivity index (χ2n) is 4.37. The molecule has 0 aliphatic carbocycles. The van der Waals surface area contributed by atoms with Gasteiger partial charge in [0.05, 0.1) is 5.92 Å². The summed E-state index contributed by atoms with van der Waals surface area (Å²) >= 11 is 5.82. The Morgan fingerprint density at radius 2 is 1.74 bits per heavy atom. The number of halogens is 1. The van der Waals surface area contributed by atoms with E-state index in [-0.39, 0.29) is 11.8 Å². The van der Waals surface area contributed by atoms with Crippen LogP contribution in [-0.4, -0.2) is 5.91 Å². The lowest BCUT2D eigenvalue weighted by Gasteiger charge is -2.15. The molecule has 0 fully saturated rings. The molecule has 0 heterocycles. The minimum atomic E-state index is -0.128. The highest BCUT2D eigenvalue weighted by atomic mass is 35.5. The third kappa shape index (κ3) is 3.58. The van der Waals surface area contributed by atoms with Crippen molar-refractivity contribution < 1.29 is 4.79 Å². The van der Waals surface area contributed by atoms with Crippen molar-refractivity contribution in [3.8, 4) is 0 Å². The van der Waals surface area contributed by atoms with Crippen molar-refractivity contribution in [1.82, 2.24) is 0 Å². The third-order valence-electron chi connectivity index (χ3n) is 3.04. The Hall–Kier alpha value is -1.80. The summed E-state index contributed by atoms with van der Waals surface area (Å²) in [5.41, 5.74) is 1.81. The van der Waals surface area contributed by atoms with E-state index in [0.29, 0.717) is 5.02 Å². The predicted molar refractivity (Wildman–Crippen MR) is 79.6 cm³/mol. The monoisotopic (exact) mass is 273 g/mol. The van der Waals surface area contributed by atoms with Crippen molar-refractivity contribution >= 4 is 23.2 Å². The van der Waals surface area contributed by atoms with Crippen LogP contribution in [-0.2, 0) is 4.79 Å². The molecule has 2 rings (SSSR count). The number of benzene rings is 2. The fourth-order valence-corrected chi connectivity index (χ4v) is 2.15. The largest absolute Gasteiger partial charge is 0.326 e. The van der Waals surface area contributed by atoms with Gasteiger partial charge in [-0.3, -0.25) is 4.79 Å². The van der Waals surface area contributed by atoms with Crippen LogP contribution >= 0.6 is 11.6 Å². The maximum absolute atomic E-state index is 12.3. The standard InChI is InChI=1S/C16H16ClNO/c1-2-15(12-6-4-3-5-7-12)16(19)18-14-10-8-13(17)9-11-14/h3-11,15H,2H2,1H3,(H,18,19)/t15-/m0/s1. The van der Waals surface area contributed by atoms with Gasteiger partial charge in [0.1, 0.15) is 0 Å².